The average Bonchev–Trinajstić information content (AvgIpc) is 1.68. The Balaban J connectivity index is 3.29. The van der Waals surface area contributed by atoms with Crippen molar-refractivity contribution >= 4 is 0 Å². The molecule has 0 saturated carbocycles. The molecule has 0 fully saturated rings. The second-order valence-corrected chi connectivity index (χ2v) is 1.32. The molecule has 0 spiro atoms. The van der Waals surface area contributed by atoms with E-state index in [0.717, 1.165) is 6.42 Å². The van der Waals surface area contributed by atoms with E-state index in [9.17, 15) is 0 Å². The summed E-state index contributed by atoms with van der Waals surface area (Å²) in [6, 6.07) is 0. The maximum absolute atomic E-state index is 8.68. The zero-order valence-corrected chi connectivity index (χ0v) is 4.73. The SMILES string of the molecule is CC#CC(O)CC. The summed E-state index contributed by atoms with van der Waals surface area (Å²) in [4.78, 5) is 0. The molecule has 1 nitrogen and oxygen atoms in total. The number of rotatable bonds is 1. The minimum atomic E-state index is -0.412. The van der Waals surface area contributed by atoms with E-state index in [0.29, 0.717) is 0 Å². The molecule has 1 N–H and O–H groups in total. The van der Waals surface area contributed by atoms with Gasteiger partial charge >= 0.3 is 0 Å². The summed E-state index contributed by atoms with van der Waals surface area (Å²) in [5.41, 5.74) is 0. The predicted octanol–water partition coefficient (Wildman–Crippen LogP) is 0.781. The molecule has 0 aliphatic carbocycles. The highest BCUT2D eigenvalue weighted by Crippen LogP contribution is 1.83. The molecular formula is C6H10O. The third-order valence-electron chi connectivity index (χ3n) is 0.698. The number of aliphatic hydroxyl groups excluding tert-OH is 1. The zero-order valence-electron chi connectivity index (χ0n) is 4.73. The fraction of sp³-hybridized carbons (Fsp3) is 0.667. The summed E-state index contributed by atoms with van der Waals surface area (Å²) in [7, 11) is 0. The van der Waals surface area contributed by atoms with E-state index in [-0.39, 0.29) is 0 Å². The van der Waals surface area contributed by atoms with E-state index in [1.165, 1.54) is 0 Å². The quantitative estimate of drug-likeness (QED) is 0.480. The van der Waals surface area contributed by atoms with Gasteiger partial charge < -0.3 is 5.11 Å². The topological polar surface area (TPSA) is 20.2 Å². The van der Waals surface area contributed by atoms with Crippen molar-refractivity contribution in [3.63, 3.8) is 0 Å². The van der Waals surface area contributed by atoms with E-state index < -0.39 is 6.10 Å². The molecule has 0 saturated heterocycles. The molecule has 0 heterocycles. The first-order valence-electron chi connectivity index (χ1n) is 2.41. The highest BCUT2D eigenvalue weighted by atomic mass is 16.3. The molecular weight excluding hydrogens is 88.1 g/mol. The van der Waals surface area contributed by atoms with Crippen molar-refractivity contribution in [3.05, 3.63) is 0 Å². The van der Waals surface area contributed by atoms with E-state index in [1.54, 1.807) is 6.92 Å². The number of aliphatic hydroxyl groups is 1. The molecule has 1 atom stereocenters. The molecule has 0 rings (SSSR count). The fourth-order valence-corrected chi connectivity index (χ4v) is 0.269. The van der Waals surface area contributed by atoms with E-state index in [1.807, 2.05) is 6.92 Å². The lowest BCUT2D eigenvalue weighted by molar-refractivity contribution is 0.228. The van der Waals surface area contributed by atoms with Crippen LogP contribution in [0.5, 0.6) is 0 Å². The van der Waals surface area contributed by atoms with Gasteiger partial charge in [-0.3, -0.25) is 0 Å². The van der Waals surface area contributed by atoms with Crippen LogP contribution in [-0.4, -0.2) is 11.2 Å². The summed E-state index contributed by atoms with van der Waals surface area (Å²) in [5, 5.41) is 8.68. The Morgan fingerprint density at radius 1 is 1.71 bits per heavy atom. The first-order chi connectivity index (χ1) is 3.31. The molecule has 0 aliphatic rings. The summed E-state index contributed by atoms with van der Waals surface area (Å²) in [6.07, 6.45) is 0.311. The van der Waals surface area contributed by atoms with Crippen LogP contribution in [0.4, 0.5) is 0 Å². The summed E-state index contributed by atoms with van der Waals surface area (Å²) < 4.78 is 0. The maximum atomic E-state index is 8.68. The molecule has 1 unspecified atom stereocenters. The molecule has 0 aliphatic heterocycles. The average molecular weight is 98.1 g/mol. The van der Waals surface area contributed by atoms with Crippen molar-refractivity contribution < 1.29 is 5.11 Å². The molecule has 0 bridgehead atoms. The Hall–Kier alpha value is -0.480. The van der Waals surface area contributed by atoms with Crippen LogP contribution in [0.25, 0.3) is 0 Å². The van der Waals surface area contributed by atoms with Crippen LogP contribution >= 0.6 is 0 Å². The highest BCUT2D eigenvalue weighted by molar-refractivity contribution is 5.00. The minimum absolute atomic E-state index is 0.412. The largest absolute Gasteiger partial charge is 0.380 e. The standard InChI is InChI=1S/C6H10O/c1-3-5-6(7)4-2/h6-7H,4H2,1-2H3. The van der Waals surface area contributed by atoms with Crippen LogP contribution in [0.3, 0.4) is 0 Å². The van der Waals surface area contributed by atoms with Crippen molar-refractivity contribution in [1.82, 2.24) is 0 Å². The predicted molar refractivity (Wildman–Crippen MR) is 29.7 cm³/mol. The molecule has 0 aromatic carbocycles. The van der Waals surface area contributed by atoms with Crippen LogP contribution in [-0.2, 0) is 0 Å². The Morgan fingerprint density at radius 2 is 2.29 bits per heavy atom. The molecule has 7 heavy (non-hydrogen) atoms. The lowest BCUT2D eigenvalue weighted by atomic mass is 10.3. The van der Waals surface area contributed by atoms with Crippen molar-refractivity contribution in [2.75, 3.05) is 0 Å². The normalized spacial score (nSPS) is 11.9. The molecule has 0 amide bonds. The number of hydrogen-bond donors (Lipinski definition) is 1. The first kappa shape index (κ1) is 6.52. The first-order valence-corrected chi connectivity index (χ1v) is 2.41. The molecule has 0 aromatic rings. The smallest absolute Gasteiger partial charge is 0.114 e. The molecule has 1 heteroatoms. The fourth-order valence-electron chi connectivity index (χ4n) is 0.269. The van der Waals surface area contributed by atoms with Crippen LogP contribution < -0.4 is 0 Å². The molecule has 0 aromatic heterocycles. The summed E-state index contributed by atoms with van der Waals surface area (Å²) in [5.74, 6) is 5.22. The highest BCUT2D eigenvalue weighted by Gasteiger charge is 1.87. The Morgan fingerprint density at radius 3 is 2.43 bits per heavy atom. The van der Waals surface area contributed by atoms with Crippen molar-refractivity contribution in [3.8, 4) is 11.8 Å². The van der Waals surface area contributed by atoms with Crippen LogP contribution in [0.2, 0.25) is 0 Å². The van der Waals surface area contributed by atoms with E-state index >= 15 is 0 Å². The van der Waals surface area contributed by atoms with Gasteiger partial charge in [-0.1, -0.05) is 12.8 Å². The van der Waals surface area contributed by atoms with Gasteiger partial charge in [0.15, 0.2) is 0 Å². The van der Waals surface area contributed by atoms with Crippen molar-refractivity contribution in [2.24, 2.45) is 0 Å². The van der Waals surface area contributed by atoms with E-state index in [2.05, 4.69) is 11.8 Å². The Labute approximate surface area is 44.4 Å². The Kier molecular flexibility index (Phi) is 3.45. The van der Waals surface area contributed by atoms with Gasteiger partial charge in [-0.05, 0) is 13.3 Å². The number of hydrogen-bond acceptors (Lipinski definition) is 1. The second-order valence-electron chi connectivity index (χ2n) is 1.32. The molecule has 40 valence electrons. The minimum Gasteiger partial charge on any atom is -0.380 e. The van der Waals surface area contributed by atoms with Crippen LogP contribution in [0.15, 0.2) is 0 Å². The van der Waals surface area contributed by atoms with Crippen LogP contribution in [0.1, 0.15) is 20.3 Å². The zero-order chi connectivity index (χ0) is 5.70. The maximum Gasteiger partial charge on any atom is 0.114 e. The Bertz CT molecular complexity index is 86.1. The van der Waals surface area contributed by atoms with Gasteiger partial charge in [-0.25, -0.2) is 0 Å². The summed E-state index contributed by atoms with van der Waals surface area (Å²) >= 11 is 0. The van der Waals surface area contributed by atoms with E-state index in [4.69, 9.17) is 5.11 Å². The third-order valence-corrected chi connectivity index (χ3v) is 0.698. The monoisotopic (exact) mass is 98.1 g/mol. The lowest BCUT2D eigenvalue weighted by Gasteiger charge is -1.91. The van der Waals surface area contributed by atoms with Gasteiger partial charge in [0.2, 0.25) is 0 Å². The summed E-state index contributed by atoms with van der Waals surface area (Å²) in [6.45, 7) is 3.62. The van der Waals surface area contributed by atoms with Crippen LogP contribution in [0, 0.1) is 11.8 Å². The second kappa shape index (κ2) is 3.70. The van der Waals surface area contributed by atoms with Gasteiger partial charge in [-0.15, -0.1) is 5.92 Å². The van der Waals surface area contributed by atoms with Gasteiger partial charge in [0.25, 0.3) is 0 Å². The van der Waals surface area contributed by atoms with Crippen molar-refractivity contribution in [2.45, 2.75) is 26.4 Å². The van der Waals surface area contributed by atoms with Crippen molar-refractivity contribution in [1.29, 1.82) is 0 Å². The van der Waals surface area contributed by atoms with Gasteiger partial charge in [0.05, 0.1) is 0 Å². The lowest BCUT2D eigenvalue weighted by Crippen LogP contribution is -1.97. The molecule has 0 radical (unpaired) electrons. The third kappa shape index (κ3) is 3.35. The van der Waals surface area contributed by atoms with Gasteiger partial charge in [-0.2, -0.15) is 0 Å². The van der Waals surface area contributed by atoms with Gasteiger partial charge in [0.1, 0.15) is 6.10 Å². The van der Waals surface area contributed by atoms with Gasteiger partial charge in [0, 0.05) is 0 Å².